The molecular formula is C12H17ClN2O2S. The van der Waals surface area contributed by atoms with E-state index in [1.54, 1.807) is 12.4 Å². The molecule has 1 fully saturated rings. The van der Waals surface area contributed by atoms with Crippen LogP contribution in [-0.2, 0) is 16.3 Å². The summed E-state index contributed by atoms with van der Waals surface area (Å²) in [6.45, 7) is 0.485. The van der Waals surface area contributed by atoms with Gasteiger partial charge in [-0.05, 0) is 42.9 Å². The Morgan fingerprint density at radius 1 is 1.56 bits per heavy atom. The number of pyridine rings is 1. The minimum atomic E-state index is -2.85. The molecule has 0 aliphatic carbocycles. The van der Waals surface area contributed by atoms with E-state index in [9.17, 15) is 8.42 Å². The second-order valence-electron chi connectivity index (χ2n) is 4.83. The van der Waals surface area contributed by atoms with Crippen molar-refractivity contribution in [3.63, 3.8) is 0 Å². The zero-order valence-electron chi connectivity index (χ0n) is 10.0. The van der Waals surface area contributed by atoms with Gasteiger partial charge in [-0.25, -0.2) is 8.42 Å². The largest absolute Gasteiger partial charge is 0.330 e. The zero-order valence-corrected chi connectivity index (χ0v) is 11.6. The number of aromatic nitrogens is 1. The van der Waals surface area contributed by atoms with Gasteiger partial charge in [0, 0.05) is 12.4 Å². The van der Waals surface area contributed by atoms with E-state index >= 15 is 0 Å². The van der Waals surface area contributed by atoms with Crippen LogP contribution >= 0.6 is 11.6 Å². The van der Waals surface area contributed by atoms with Crippen LogP contribution in [0, 0.1) is 11.8 Å². The van der Waals surface area contributed by atoms with Gasteiger partial charge in [-0.2, -0.15) is 0 Å². The lowest BCUT2D eigenvalue weighted by atomic mass is 9.87. The van der Waals surface area contributed by atoms with Gasteiger partial charge in [0.25, 0.3) is 0 Å². The highest BCUT2D eigenvalue weighted by atomic mass is 35.5. The van der Waals surface area contributed by atoms with Gasteiger partial charge in [-0.15, -0.1) is 0 Å². The van der Waals surface area contributed by atoms with E-state index < -0.39 is 9.84 Å². The first-order valence-electron chi connectivity index (χ1n) is 6.00. The van der Waals surface area contributed by atoms with Crippen molar-refractivity contribution < 1.29 is 8.42 Å². The lowest BCUT2D eigenvalue weighted by Crippen LogP contribution is -2.26. The standard InChI is InChI=1S/C12H17ClN2O2S/c13-12-7-15-3-1-9(12)5-11(6-14)10-2-4-18(16,17)8-10/h1,3,7,10-11H,2,4-6,8,14H2. The van der Waals surface area contributed by atoms with Crippen LogP contribution in [0.1, 0.15) is 12.0 Å². The number of hydrogen-bond donors (Lipinski definition) is 1. The Bertz CT molecular complexity index is 519. The van der Waals surface area contributed by atoms with Crippen LogP contribution in [0.2, 0.25) is 5.02 Å². The lowest BCUT2D eigenvalue weighted by Gasteiger charge is -2.21. The molecule has 1 aliphatic heterocycles. The average molecular weight is 289 g/mol. The maximum Gasteiger partial charge on any atom is 0.150 e. The van der Waals surface area contributed by atoms with Crippen molar-refractivity contribution in [3.05, 3.63) is 29.0 Å². The van der Waals surface area contributed by atoms with Crippen LogP contribution in [0.3, 0.4) is 0 Å². The molecule has 0 saturated carbocycles. The fraction of sp³-hybridized carbons (Fsp3) is 0.583. The van der Waals surface area contributed by atoms with Gasteiger partial charge in [0.2, 0.25) is 0 Å². The second kappa shape index (κ2) is 5.55. The molecule has 1 saturated heterocycles. The summed E-state index contributed by atoms with van der Waals surface area (Å²) in [6, 6.07) is 1.87. The maximum atomic E-state index is 11.5. The van der Waals surface area contributed by atoms with E-state index in [2.05, 4.69) is 4.98 Å². The third-order valence-electron chi connectivity index (χ3n) is 3.58. The summed E-state index contributed by atoms with van der Waals surface area (Å²) in [5, 5.41) is 0.622. The van der Waals surface area contributed by atoms with E-state index in [0.29, 0.717) is 18.0 Å². The van der Waals surface area contributed by atoms with Crippen LogP contribution in [0.4, 0.5) is 0 Å². The zero-order chi connectivity index (χ0) is 13.2. The molecule has 2 rings (SSSR count). The Balaban J connectivity index is 2.09. The number of halogens is 1. The first-order valence-corrected chi connectivity index (χ1v) is 8.20. The third kappa shape index (κ3) is 3.22. The number of nitrogens with zero attached hydrogens (tertiary/aromatic N) is 1. The highest BCUT2D eigenvalue weighted by Gasteiger charge is 2.33. The maximum absolute atomic E-state index is 11.5. The molecule has 2 heterocycles. The Morgan fingerprint density at radius 3 is 2.89 bits per heavy atom. The Morgan fingerprint density at radius 2 is 2.33 bits per heavy atom. The molecule has 6 heteroatoms. The smallest absolute Gasteiger partial charge is 0.150 e. The predicted octanol–water partition coefficient (Wildman–Crippen LogP) is 1.29. The van der Waals surface area contributed by atoms with Crippen molar-refractivity contribution in [3.8, 4) is 0 Å². The van der Waals surface area contributed by atoms with E-state index in [1.807, 2.05) is 6.07 Å². The summed E-state index contributed by atoms with van der Waals surface area (Å²) in [6.07, 6.45) is 4.74. The van der Waals surface area contributed by atoms with Crippen molar-refractivity contribution >= 4 is 21.4 Å². The quantitative estimate of drug-likeness (QED) is 0.906. The van der Waals surface area contributed by atoms with Gasteiger partial charge in [-0.3, -0.25) is 4.98 Å². The van der Waals surface area contributed by atoms with Crippen molar-refractivity contribution in [2.24, 2.45) is 17.6 Å². The normalized spacial score (nSPS) is 24.0. The molecule has 1 aromatic heterocycles. The van der Waals surface area contributed by atoms with Gasteiger partial charge in [0.05, 0.1) is 16.5 Å². The molecule has 18 heavy (non-hydrogen) atoms. The van der Waals surface area contributed by atoms with Gasteiger partial charge in [0.1, 0.15) is 0 Å². The van der Waals surface area contributed by atoms with E-state index in [0.717, 1.165) is 12.0 Å². The van der Waals surface area contributed by atoms with Crippen molar-refractivity contribution in [1.29, 1.82) is 0 Å². The summed E-state index contributed by atoms with van der Waals surface area (Å²) in [5.41, 5.74) is 6.78. The number of rotatable bonds is 4. The van der Waals surface area contributed by atoms with E-state index in [4.69, 9.17) is 17.3 Å². The molecule has 2 N–H and O–H groups in total. The monoisotopic (exact) mass is 288 g/mol. The van der Waals surface area contributed by atoms with Crippen molar-refractivity contribution in [2.45, 2.75) is 12.8 Å². The van der Waals surface area contributed by atoms with Crippen LogP contribution < -0.4 is 5.73 Å². The van der Waals surface area contributed by atoms with Gasteiger partial charge < -0.3 is 5.73 Å². The molecule has 0 amide bonds. The molecule has 1 aromatic rings. The Kier molecular flexibility index (Phi) is 4.25. The molecule has 2 unspecified atom stereocenters. The SMILES string of the molecule is NCC(Cc1ccncc1Cl)C1CCS(=O)(=O)C1. The number of nitrogens with two attached hydrogens (primary N) is 1. The van der Waals surface area contributed by atoms with Gasteiger partial charge in [-0.1, -0.05) is 11.6 Å². The summed E-state index contributed by atoms with van der Waals surface area (Å²) in [5.74, 6) is 0.877. The van der Waals surface area contributed by atoms with Crippen LogP contribution in [-0.4, -0.2) is 31.5 Å². The lowest BCUT2D eigenvalue weighted by molar-refractivity contribution is 0.370. The summed E-state index contributed by atoms with van der Waals surface area (Å²) < 4.78 is 23.0. The van der Waals surface area contributed by atoms with Crippen molar-refractivity contribution in [1.82, 2.24) is 4.98 Å². The van der Waals surface area contributed by atoms with E-state index in [1.165, 1.54) is 0 Å². The molecule has 0 radical (unpaired) electrons. The van der Waals surface area contributed by atoms with Crippen LogP contribution in [0.15, 0.2) is 18.5 Å². The molecule has 0 spiro atoms. The number of sulfone groups is 1. The average Bonchev–Trinajstić information content (AvgIpc) is 2.68. The first kappa shape index (κ1) is 13.8. The highest BCUT2D eigenvalue weighted by molar-refractivity contribution is 7.91. The second-order valence-corrected chi connectivity index (χ2v) is 7.47. The van der Waals surface area contributed by atoms with Crippen LogP contribution in [0.25, 0.3) is 0 Å². The Hall–Kier alpha value is -0.650. The molecule has 0 bridgehead atoms. The van der Waals surface area contributed by atoms with Crippen molar-refractivity contribution in [2.75, 3.05) is 18.1 Å². The highest BCUT2D eigenvalue weighted by Crippen LogP contribution is 2.29. The number of hydrogen-bond acceptors (Lipinski definition) is 4. The molecule has 2 atom stereocenters. The minimum Gasteiger partial charge on any atom is -0.330 e. The molecule has 0 aromatic carbocycles. The predicted molar refractivity (Wildman–Crippen MR) is 72.3 cm³/mol. The topological polar surface area (TPSA) is 73.0 Å². The Labute approximate surface area is 112 Å². The molecular weight excluding hydrogens is 272 g/mol. The third-order valence-corrected chi connectivity index (χ3v) is 5.71. The van der Waals surface area contributed by atoms with Gasteiger partial charge in [0.15, 0.2) is 9.84 Å². The molecule has 1 aliphatic rings. The van der Waals surface area contributed by atoms with E-state index in [-0.39, 0.29) is 23.3 Å². The minimum absolute atomic E-state index is 0.157. The fourth-order valence-corrected chi connectivity index (χ4v) is 4.61. The summed E-state index contributed by atoms with van der Waals surface area (Å²) >= 11 is 6.07. The van der Waals surface area contributed by atoms with Gasteiger partial charge >= 0.3 is 0 Å². The van der Waals surface area contributed by atoms with Crippen LogP contribution in [0.5, 0.6) is 0 Å². The summed E-state index contributed by atoms with van der Waals surface area (Å²) in [4.78, 5) is 3.94. The molecule has 100 valence electrons. The molecule has 4 nitrogen and oxygen atoms in total. The first-order chi connectivity index (χ1) is 8.52. The fourth-order valence-electron chi connectivity index (χ4n) is 2.49. The summed E-state index contributed by atoms with van der Waals surface area (Å²) in [7, 11) is -2.85.